The lowest BCUT2D eigenvalue weighted by molar-refractivity contribution is 0.198. The van der Waals surface area contributed by atoms with E-state index in [0.29, 0.717) is 0 Å². The molecule has 2 nitrogen and oxygen atoms in total. The first-order chi connectivity index (χ1) is 25.0. The largest absolute Gasteiger partial charge is 0.381 e. The van der Waals surface area contributed by atoms with Crippen molar-refractivity contribution in [2.75, 3.05) is 26.4 Å². The Bertz CT molecular complexity index is 330. The number of ether oxygens (including phenoxy) is 2. The topological polar surface area (TPSA) is 18.5 Å². The summed E-state index contributed by atoms with van der Waals surface area (Å²) in [6.07, 6.45) is 65.1. The van der Waals surface area contributed by atoms with Crippen molar-refractivity contribution in [1.29, 1.82) is 0 Å². The van der Waals surface area contributed by atoms with Crippen molar-refractivity contribution in [3.05, 3.63) is 0 Å². The van der Waals surface area contributed by atoms with Gasteiger partial charge in [0, 0.05) is 26.4 Å². The molecule has 0 aromatic rings. The first-order valence-electron chi connectivity index (χ1n) is 24.2. The summed E-state index contributed by atoms with van der Waals surface area (Å²) in [5.41, 5.74) is 0. The minimum atomic E-state index is 1.00. The fourth-order valence-electron chi connectivity index (χ4n) is 3.52. The van der Waals surface area contributed by atoms with Gasteiger partial charge in [-0.3, -0.25) is 0 Å². The molecule has 2 heteroatoms. The molecule has 2 heterocycles. The van der Waals surface area contributed by atoms with Gasteiger partial charge >= 0.3 is 0 Å². The van der Waals surface area contributed by atoms with Crippen LogP contribution in [0.25, 0.3) is 0 Å². The molecular weight excluding hydrogens is 609 g/mol. The Morgan fingerprint density at radius 2 is 0.180 bits per heavy atom. The van der Waals surface area contributed by atoms with Crippen LogP contribution in [-0.2, 0) is 9.47 Å². The Morgan fingerprint density at radius 1 is 0.100 bits per heavy atom. The van der Waals surface area contributed by atoms with Crippen molar-refractivity contribution in [2.24, 2.45) is 0 Å². The maximum absolute atomic E-state index is 4.94. The lowest BCUT2D eigenvalue weighted by atomic mass is 10.0. The molecule has 12 fully saturated rings. The predicted octanol–water partition coefficient (Wildman–Crippen LogP) is 17.2. The van der Waals surface area contributed by atoms with Gasteiger partial charge < -0.3 is 9.47 Å². The summed E-state index contributed by atoms with van der Waals surface area (Å²) in [6.45, 7) is 4.00. The number of hydrogen-bond acceptors (Lipinski definition) is 2. The molecule has 0 unspecified atom stereocenters. The summed E-state index contributed by atoms with van der Waals surface area (Å²) in [5.74, 6) is 0. The van der Waals surface area contributed by atoms with Crippen LogP contribution in [0.5, 0.6) is 0 Å². The summed E-state index contributed by atoms with van der Waals surface area (Å²) in [6, 6.07) is 0. The third kappa shape index (κ3) is 42.3. The monoisotopic (exact) mass is 705 g/mol. The van der Waals surface area contributed by atoms with Gasteiger partial charge in [0.1, 0.15) is 0 Å². The highest BCUT2D eigenvalue weighted by Crippen LogP contribution is 2.18. The van der Waals surface area contributed by atoms with Crippen LogP contribution in [0.3, 0.4) is 0 Å². The molecule has 0 atom stereocenters. The third-order valence-corrected chi connectivity index (χ3v) is 11.7. The van der Waals surface area contributed by atoms with E-state index in [0.717, 1.165) is 26.4 Å². The van der Waals surface area contributed by atoms with Crippen molar-refractivity contribution < 1.29 is 9.47 Å². The molecular formula is C48H96O2. The normalized spacial score (nSPS) is 24.0. The van der Waals surface area contributed by atoms with E-state index in [9.17, 15) is 0 Å². The Labute approximate surface area is 317 Å². The molecule has 10 aliphatic carbocycles. The maximum Gasteiger partial charge on any atom is 0.0466 e. The van der Waals surface area contributed by atoms with Crippen molar-refractivity contribution in [3.63, 3.8) is 0 Å². The summed E-state index contributed by atoms with van der Waals surface area (Å²) in [5, 5.41) is 0. The second-order valence-electron chi connectivity index (χ2n) is 16.8. The molecule has 50 heavy (non-hydrogen) atoms. The SMILES string of the molecule is C1CCC1.C1CCC1.C1CCC1.C1CCC1.C1CCC1.C1CCC1.C1CCC1.C1CCC1.C1CCC1.C1CCC1.C1CCOC1.C1CCOC1. The summed E-state index contributed by atoms with van der Waals surface area (Å²) >= 11 is 0. The molecule has 0 bridgehead atoms. The molecule has 12 aliphatic rings. The maximum atomic E-state index is 4.94. The fourth-order valence-corrected chi connectivity index (χ4v) is 3.52. The fraction of sp³-hybridized carbons (Fsp3) is 1.00. The van der Waals surface area contributed by atoms with Gasteiger partial charge in [0.05, 0.1) is 0 Å². The zero-order chi connectivity index (χ0) is 35.4. The summed E-state index contributed by atoms with van der Waals surface area (Å²) in [7, 11) is 0. The molecule has 0 aromatic carbocycles. The van der Waals surface area contributed by atoms with Gasteiger partial charge in [0.15, 0.2) is 0 Å². The summed E-state index contributed by atoms with van der Waals surface area (Å²) < 4.78 is 9.89. The smallest absolute Gasteiger partial charge is 0.0466 e. The Morgan fingerprint density at radius 3 is 0.200 bits per heavy atom. The number of rotatable bonds is 0. The van der Waals surface area contributed by atoms with Gasteiger partial charge in [-0.1, -0.05) is 257 Å². The van der Waals surface area contributed by atoms with E-state index in [4.69, 9.17) is 9.47 Å². The molecule has 2 aliphatic heterocycles. The van der Waals surface area contributed by atoms with Gasteiger partial charge in [0.25, 0.3) is 0 Å². The van der Waals surface area contributed by atoms with Crippen LogP contribution in [0.4, 0.5) is 0 Å². The van der Waals surface area contributed by atoms with Crippen LogP contribution < -0.4 is 0 Å². The van der Waals surface area contributed by atoms with E-state index in [1.54, 1.807) is 0 Å². The van der Waals surface area contributed by atoms with Crippen LogP contribution in [-0.4, -0.2) is 26.4 Å². The van der Waals surface area contributed by atoms with Crippen molar-refractivity contribution in [3.8, 4) is 0 Å². The highest BCUT2D eigenvalue weighted by atomic mass is 16.5. The Kier molecular flexibility index (Phi) is 43.2. The van der Waals surface area contributed by atoms with Crippen LogP contribution >= 0.6 is 0 Å². The van der Waals surface area contributed by atoms with Crippen LogP contribution in [0.2, 0.25) is 0 Å². The molecule has 0 N–H and O–H groups in total. The molecule has 300 valence electrons. The van der Waals surface area contributed by atoms with E-state index in [1.807, 2.05) is 0 Å². The lowest BCUT2D eigenvalue weighted by Gasteiger charge is -2.05. The predicted molar refractivity (Wildman–Crippen MR) is 225 cm³/mol. The minimum absolute atomic E-state index is 1.00. The lowest BCUT2D eigenvalue weighted by Crippen LogP contribution is -1.85. The van der Waals surface area contributed by atoms with E-state index < -0.39 is 0 Å². The van der Waals surface area contributed by atoms with Crippen molar-refractivity contribution in [2.45, 2.75) is 283 Å². The van der Waals surface area contributed by atoms with Crippen LogP contribution in [0.15, 0.2) is 0 Å². The zero-order valence-corrected chi connectivity index (χ0v) is 34.8. The van der Waals surface area contributed by atoms with Gasteiger partial charge in [0.2, 0.25) is 0 Å². The highest BCUT2D eigenvalue weighted by Gasteiger charge is 1.99. The van der Waals surface area contributed by atoms with E-state index >= 15 is 0 Å². The molecule has 0 radical (unpaired) electrons. The van der Waals surface area contributed by atoms with E-state index in [1.165, 1.54) is 283 Å². The van der Waals surface area contributed by atoms with Crippen molar-refractivity contribution in [1.82, 2.24) is 0 Å². The quantitative estimate of drug-likeness (QED) is 0.250. The van der Waals surface area contributed by atoms with Gasteiger partial charge in [-0.25, -0.2) is 0 Å². The first kappa shape index (κ1) is 47.9. The van der Waals surface area contributed by atoms with Crippen LogP contribution in [0, 0.1) is 0 Å². The molecule has 12 rings (SSSR count). The first-order valence-corrected chi connectivity index (χ1v) is 24.2. The van der Waals surface area contributed by atoms with E-state index in [2.05, 4.69) is 0 Å². The zero-order valence-electron chi connectivity index (χ0n) is 34.8. The molecule has 0 amide bonds. The molecule has 2 saturated heterocycles. The van der Waals surface area contributed by atoms with E-state index in [-0.39, 0.29) is 0 Å². The average Bonchev–Trinajstić information content (AvgIpc) is 3.47. The second-order valence-corrected chi connectivity index (χ2v) is 16.8. The standard InChI is InChI=1S/2C4H8O.10C4H8/c2*1-2-4-5-3-1;10*1-2-4-3-1/h2*1-4H2;10*1-4H2. The average molecular weight is 705 g/mol. The Balaban J connectivity index is 0.000000273. The molecule has 10 saturated carbocycles. The minimum Gasteiger partial charge on any atom is -0.381 e. The third-order valence-electron chi connectivity index (χ3n) is 11.7. The van der Waals surface area contributed by atoms with Gasteiger partial charge in [-0.2, -0.15) is 0 Å². The van der Waals surface area contributed by atoms with Crippen molar-refractivity contribution >= 4 is 0 Å². The van der Waals surface area contributed by atoms with Gasteiger partial charge in [-0.05, 0) is 25.7 Å². The molecule has 0 aromatic heterocycles. The van der Waals surface area contributed by atoms with Gasteiger partial charge in [-0.15, -0.1) is 0 Å². The highest BCUT2D eigenvalue weighted by molar-refractivity contribution is 4.54. The Hall–Kier alpha value is -0.0800. The number of hydrogen-bond donors (Lipinski definition) is 0. The van der Waals surface area contributed by atoms with Crippen LogP contribution in [0.1, 0.15) is 283 Å². The molecule has 0 spiro atoms. The second kappa shape index (κ2) is 45.1. The summed E-state index contributed by atoms with van der Waals surface area (Å²) in [4.78, 5) is 0.